The summed E-state index contributed by atoms with van der Waals surface area (Å²) in [5.41, 5.74) is 0.946. The van der Waals surface area contributed by atoms with Crippen molar-refractivity contribution in [2.75, 3.05) is 0 Å². The van der Waals surface area contributed by atoms with Crippen molar-refractivity contribution in [1.29, 1.82) is 0 Å². The molecule has 0 aliphatic heterocycles. The SMILES string of the molecule is [O-][N+](=Cc1c(Cl)cc(Cl)cc1Cl)c1ccccc1. The maximum absolute atomic E-state index is 11.9. The molecule has 0 amide bonds. The molecule has 0 saturated carbocycles. The van der Waals surface area contributed by atoms with Crippen molar-refractivity contribution < 1.29 is 4.74 Å². The summed E-state index contributed by atoms with van der Waals surface area (Å²) in [7, 11) is 0. The van der Waals surface area contributed by atoms with E-state index < -0.39 is 0 Å². The normalized spacial score (nSPS) is 11.6. The highest BCUT2D eigenvalue weighted by molar-refractivity contribution is 6.41. The Kier molecular flexibility index (Phi) is 4.12. The van der Waals surface area contributed by atoms with Gasteiger partial charge < -0.3 is 5.21 Å². The maximum atomic E-state index is 11.9. The Morgan fingerprint density at radius 1 is 0.944 bits per heavy atom. The molecule has 0 fully saturated rings. The lowest BCUT2D eigenvalue weighted by Crippen LogP contribution is -2.00. The van der Waals surface area contributed by atoms with E-state index >= 15 is 0 Å². The fourth-order valence-corrected chi connectivity index (χ4v) is 2.36. The van der Waals surface area contributed by atoms with Crippen LogP contribution in [0.1, 0.15) is 5.56 Å². The summed E-state index contributed by atoms with van der Waals surface area (Å²) in [5, 5.41) is 13.0. The fourth-order valence-electron chi connectivity index (χ4n) is 1.44. The third-order valence-corrected chi connectivity index (χ3v) is 3.14. The molecule has 2 aromatic rings. The van der Waals surface area contributed by atoms with Crippen LogP contribution in [-0.2, 0) is 0 Å². The Labute approximate surface area is 120 Å². The van der Waals surface area contributed by atoms with Crippen molar-refractivity contribution in [3.8, 4) is 0 Å². The maximum Gasteiger partial charge on any atom is 0.216 e. The zero-order valence-corrected chi connectivity index (χ0v) is 11.4. The molecule has 5 heteroatoms. The molecule has 0 heterocycles. The summed E-state index contributed by atoms with van der Waals surface area (Å²) in [6.45, 7) is 0. The molecule has 0 atom stereocenters. The summed E-state index contributed by atoms with van der Waals surface area (Å²) < 4.78 is 0.709. The van der Waals surface area contributed by atoms with Gasteiger partial charge in [0.2, 0.25) is 5.69 Å². The standard InChI is InChI=1S/C13H8Cl3NO/c14-9-6-12(15)11(13(16)7-9)8-17(18)10-4-2-1-3-5-10/h1-8H. The van der Waals surface area contributed by atoms with Crippen molar-refractivity contribution in [2.45, 2.75) is 0 Å². The lowest BCUT2D eigenvalue weighted by atomic mass is 10.2. The van der Waals surface area contributed by atoms with Crippen LogP contribution in [0.3, 0.4) is 0 Å². The second-order valence-corrected chi connectivity index (χ2v) is 4.82. The summed E-state index contributed by atoms with van der Waals surface area (Å²) in [6, 6.07) is 11.9. The van der Waals surface area contributed by atoms with Crippen LogP contribution >= 0.6 is 34.8 Å². The van der Waals surface area contributed by atoms with Gasteiger partial charge in [0.25, 0.3) is 0 Å². The molecule has 0 aliphatic carbocycles. The van der Waals surface area contributed by atoms with E-state index in [1.54, 1.807) is 36.4 Å². The molecule has 92 valence electrons. The first-order chi connectivity index (χ1) is 8.58. The topological polar surface area (TPSA) is 26.1 Å². The molecule has 2 rings (SSSR count). The van der Waals surface area contributed by atoms with Crippen molar-refractivity contribution >= 4 is 46.7 Å². The first kappa shape index (κ1) is 13.2. The van der Waals surface area contributed by atoms with Crippen LogP contribution in [0.5, 0.6) is 0 Å². The highest BCUT2D eigenvalue weighted by Gasteiger charge is 2.10. The molecule has 0 N–H and O–H groups in total. The number of halogens is 3. The van der Waals surface area contributed by atoms with E-state index in [1.807, 2.05) is 6.07 Å². The zero-order valence-electron chi connectivity index (χ0n) is 9.11. The summed E-state index contributed by atoms with van der Waals surface area (Å²) >= 11 is 17.8. The number of hydrogen-bond acceptors (Lipinski definition) is 1. The Bertz CT molecular complexity index is 573. The second-order valence-electron chi connectivity index (χ2n) is 3.57. The number of nitrogens with zero attached hydrogens (tertiary/aromatic N) is 1. The summed E-state index contributed by atoms with van der Waals surface area (Å²) in [4.78, 5) is 0. The lowest BCUT2D eigenvalue weighted by Gasteiger charge is -2.05. The second kappa shape index (κ2) is 5.61. The monoisotopic (exact) mass is 299 g/mol. The third-order valence-electron chi connectivity index (χ3n) is 2.30. The van der Waals surface area contributed by atoms with Gasteiger partial charge in [0.05, 0.1) is 15.6 Å². The van der Waals surface area contributed by atoms with Crippen LogP contribution in [-0.4, -0.2) is 11.0 Å². The van der Waals surface area contributed by atoms with Gasteiger partial charge in [0, 0.05) is 17.2 Å². The Balaban J connectivity index is 2.45. The molecule has 0 bridgehead atoms. The van der Waals surface area contributed by atoms with Gasteiger partial charge in [-0.25, -0.2) is 0 Å². The average molecular weight is 301 g/mol. The fraction of sp³-hybridized carbons (Fsp3) is 0. The van der Waals surface area contributed by atoms with E-state index in [1.165, 1.54) is 6.21 Å². The zero-order chi connectivity index (χ0) is 13.1. The van der Waals surface area contributed by atoms with Crippen LogP contribution in [0.15, 0.2) is 42.5 Å². The van der Waals surface area contributed by atoms with Crippen LogP contribution in [0, 0.1) is 5.21 Å². The molecule has 0 aromatic heterocycles. The Morgan fingerprint density at radius 3 is 2.06 bits per heavy atom. The number of rotatable bonds is 2. The quantitative estimate of drug-likeness (QED) is 0.335. The van der Waals surface area contributed by atoms with Crippen molar-refractivity contribution in [3.05, 3.63) is 68.3 Å². The molecule has 2 aromatic carbocycles. The van der Waals surface area contributed by atoms with Gasteiger partial charge in [0.15, 0.2) is 6.21 Å². The highest BCUT2D eigenvalue weighted by Crippen LogP contribution is 2.28. The number of benzene rings is 2. The predicted molar refractivity (Wildman–Crippen MR) is 76.4 cm³/mol. The lowest BCUT2D eigenvalue weighted by molar-refractivity contribution is -0.354. The highest BCUT2D eigenvalue weighted by atomic mass is 35.5. The van der Waals surface area contributed by atoms with Crippen molar-refractivity contribution in [1.82, 2.24) is 0 Å². The molecular formula is C13H8Cl3NO. The van der Waals surface area contributed by atoms with Gasteiger partial charge in [-0.15, -0.1) is 0 Å². The van der Waals surface area contributed by atoms with Gasteiger partial charge in [-0.05, 0) is 12.1 Å². The van der Waals surface area contributed by atoms with Gasteiger partial charge in [-0.1, -0.05) is 53.0 Å². The summed E-state index contributed by atoms with van der Waals surface area (Å²) in [5.74, 6) is 0. The van der Waals surface area contributed by atoms with Gasteiger partial charge in [-0.2, -0.15) is 4.74 Å². The molecule has 0 saturated heterocycles. The minimum absolute atomic E-state index is 0.337. The minimum atomic E-state index is 0.337. The number of para-hydroxylation sites is 1. The van der Waals surface area contributed by atoms with Crippen molar-refractivity contribution in [2.24, 2.45) is 0 Å². The molecule has 2 nitrogen and oxygen atoms in total. The van der Waals surface area contributed by atoms with E-state index in [9.17, 15) is 5.21 Å². The minimum Gasteiger partial charge on any atom is -0.618 e. The smallest absolute Gasteiger partial charge is 0.216 e. The predicted octanol–water partition coefficient (Wildman–Crippen LogP) is 4.91. The van der Waals surface area contributed by atoms with Crippen LogP contribution in [0.4, 0.5) is 5.69 Å². The van der Waals surface area contributed by atoms with E-state index in [-0.39, 0.29) is 0 Å². The molecular weight excluding hydrogens is 293 g/mol. The van der Waals surface area contributed by atoms with E-state index in [0.717, 1.165) is 0 Å². The van der Waals surface area contributed by atoms with E-state index in [2.05, 4.69) is 0 Å². The molecule has 18 heavy (non-hydrogen) atoms. The molecule has 0 unspecified atom stereocenters. The van der Waals surface area contributed by atoms with E-state index in [4.69, 9.17) is 34.8 Å². The van der Waals surface area contributed by atoms with Crippen LogP contribution in [0.2, 0.25) is 15.1 Å². The molecule has 0 radical (unpaired) electrons. The first-order valence-corrected chi connectivity index (χ1v) is 6.22. The average Bonchev–Trinajstić information content (AvgIpc) is 2.34. The van der Waals surface area contributed by atoms with E-state index in [0.29, 0.717) is 31.1 Å². The van der Waals surface area contributed by atoms with Gasteiger partial charge in [0.1, 0.15) is 0 Å². The largest absolute Gasteiger partial charge is 0.618 e. The number of hydrogen-bond donors (Lipinski definition) is 0. The van der Waals surface area contributed by atoms with Gasteiger partial charge in [-0.3, -0.25) is 0 Å². The molecule has 0 spiro atoms. The Morgan fingerprint density at radius 2 is 1.50 bits per heavy atom. The third kappa shape index (κ3) is 2.96. The Hall–Kier alpha value is -1.22. The van der Waals surface area contributed by atoms with Crippen molar-refractivity contribution in [3.63, 3.8) is 0 Å². The summed E-state index contributed by atoms with van der Waals surface area (Å²) in [6.07, 6.45) is 1.33. The van der Waals surface area contributed by atoms with Crippen LogP contribution < -0.4 is 0 Å². The van der Waals surface area contributed by atoms with Crippen LogP contribution in [0.25, 0.3) is 0 Å². The van der Waals surface area contributed by atoms with Gasteiger partial charge >= 0.3 is 0 Å². The molecule has 0 aliphatic rings. The first-order valence-electron chi connectivity index (χ1n) is 5.09.